The minimum absolute atomic E-state index is 0.0932. The van der Waals surface area contributed by atoms with E-state index in [1.807, 2.05) is 0 Å². The molecule has 1 saturated carbocycles. The fraction of sp³-hybridized carbons (Fsp3) is 0.423. The number of Topliss-reactive ketones (excluding diaryl/α,β-unsaturated/α-hetero) is 1. The van der Waals surface area contributed by atoms with Crippen molar-refractivity contribution in [2.24, 2.45) is 5.92 Å². The van der Waals surface area contributed by atoms with Gasteiger partial charge in [-0.25, -0.2) is 4.79 Å². The first-order chi connectivity index (χ1) is 16.4. The molecule has 1 aliphatic carbocycles. The molecule has 0 saturated heterocycles. The van der Waals surface area contributed by atoms with Crippen LogP contribution >= 0.6 is 0 Å². The van der Waals surface area contributed by atoms with E-state index in [-0.39, 0.29) is 29.8 Å². The summed E-state index contributed by atoms with van der Waals surface area (Å²) in [6.07, 6.45) is 4.81. The van der Waals surface area contributed by atoms with Crippen LogP contribution in [0.1, 0.15) is 65.3 Å². The quantitative estimate of drug-likeness (QED) is 0.416. The number of methoxy groups -OCH3 is 3. The number of amides is 1. The van der Waals surface area contributed by atoms with E-state index >= 15 is 0 Å². The molecule has 0 aliphatic heterocycles. The lowest BCUT2D eigenvalue weighted by Crippen LogP contribution is -2.26. The largest absolute Gasteiger partial charge is 0.496 e. The second kappa shape index (κ2) is 11.5. The molecular weight excluding hydrogens is 438 g/mol. The van der Waals surface area contributed by atoms with Crippen LogP contribution in [0.5, 0.6) is 17.2 Å². The summed E-state index contributed by atoms with van der Waals surface area (Å²) in [7, 11) is 4.45. The number of hydrogen-bond acceptors (Lipinski definition) is 7. The highest BCUT2D eigenvalue weighted by molar-refractivity contribution is 6.03. The first-order valence-electron chi connectivity index (χ1n) is 11.3. The van der Waals surface area contributed by atoms with Crippen LogP contribution in [0.15, 0.2) is 30.3 Å². The van der Waals surface area contributed by atoms with E-state index in [4.69, 9.17) is 18.9 Å². The summed E-state index contributed by atoms with van der Waals surface area (Å²) in [6, 6.07) is 7.99. The Hall–Kier alpha value is -3.55. The lowest BCUT2D eigenvalue weighted by atomic mass is 9.88. The zero-order chi connectivity index (χ0) is 24.7. The zero-order valence-corrected chi connectivity index (χ0v) is 20.1. The van der Waals surface area contributed by atoms with Crippen LogP contribution in [0.4, 0.5) is 5.69 Å². The van der Waals surface area contributed by atoms with Crippen molar-refractivity contribution in [1.29, 1.82) is 0 Å². The second-order valence-electron chi connectivity index (χ2n) is 8.24. The average Bonchev–Trinajstić information content (AvgIpc) is 2.87. The number of ketones is 1. The summed E-state index contributed by atoms with van der Waals surface area (Å²) in [4.78, 5) is 37.7. The molecule has 3 rings (SSSR count). The minimum atomic E-state index is -0.657. The number of rotatable bonds is 9. The van der Waals surface area contributed by atoms with Crippen molar-refractivity contribution in [3.8, 4) is 17.2 Å². The lowest BCUT2D eigenvalue weighted by molar-refractivity contribution is -0.120. The third-order valence-electron chi connectivity index (χ3n) is 6.02. The predicted molar refractivity (Wildman–Crippen MR) is 127 cm³/mol. The van der Waals surface area contributed by atoms with E-state index in [1.54, 1.807) is 24.3 Å². The van der Waals surface area contributed by atoms with E-state index in [0.29, 0.717) is 34.1 Å². The van der Waals surface area contributed by atoms with Crippen molar-refractivity contribution in [2.75, 3.05) is 26.6 Å². The fourth-order valence-electron chi connectivity index (χ4n) is 4.08. The number of benzene rings is 2. The summed E-state index contributed by atoms with van der Waals surface area (Å²) < 4.78 is 21.6. The van der Waals surface area contributed by atoms with E-state index in [9.17, 15) is 14.4 Å². The van der Waals surface area contributed by atoms with E-state index < -0.39 is 5.97 Å². The number of hydrogen-bond donors (Lipinski definition) is 1. The van der Waals surface area contributed by atoms with Crippen LogP contribution in [-0.4, -0.2) is 39.0 Å². The molecule has 0 aromatic heterocycles. The van der Waals surface area contributed by atoms with Gasteiger partial charge in [0.25, 0.3) is 0 Å². The average molecular weight is 470 g/mol. The fourth-order valence-corrected chi connectivity index (χ4v) is 4.08. The van der Waals surface area contributed by atoms with Crippen molar-refractivity contribution in [3.05, 3.63) is 47.0 Å². The normalized spacial score (nSPS) is 13.6. The van der Waals surface area contributed by atoms with Crippen molar-refractivity contribution in [2.45, 2.75) is 45.6 Å². The molecule has 0 unspecified atom stereocenters. The van der Waals surface area contributed by atoms with Crippen LogP contribution in [0.2, 0.25) is 0 Å². The van der Waals surface area contributed by atoms with Gasteiger partial charge in [0, 0.05) is 29.2 Å². The highest BCUT2D eigenvalue weighted by Gasteiger charge is 2.25. The van der Waals surface area contributed by atoms with Crippen LogP contribution < -0.4 is 19.5 Å². The maximum Gasteiger partial charge on any atom is 0.340 e. The smallest absolute Gasteiger partial charge is 0.340 e. The van der Waals surface area contributed by atoms with Gasteiger partial charge < -0.3 is 24.3 Å². The maximum atomic E-state index is 13.1. The van der Waals surface area contributed by atoms with Crippen LogP contribution in [0.25, 0.3) is 0 Å². The van der Waals surface area contributed by atoms with Crippen LogP contribution in [0.3, 0.4) is 0 Å². The molecular formula is C26H31NO7. The molecule has 0 atom stereocenters. The summed E-state index contributed by atoms with van der Waals surface area (Å²) in [5, 5.41) is 2.89. The third-order valence-corrected chi connectivity index (χ3v) is 6.02. The Bertz CT molecular complexity index is 1060. The highest BCUT2D eigenvalue weighted by Crippen LogP contribution is 2.35. The molecule has 0 radical (unpaired) electrons. The number of carbonyl (C=O) groups is 3. The summed E-state index contributed by atoms with van der Waals surface area (Å²) in [5.41, 5.74) is 1.47. The predicted octanol–water partition coefficient (Wildman–Crippen LogP) is 4.79. The van der Waals surface area contributed by atoms with Gasteiger partial charge in [-0.2, -0.15) is 0 Å². The van der Waals surface area contributed by atoms with Gasteiger partial charge in [-0.05, 0) is 38.0 Å². The first-order valence-corrected chi connectivity index (χ1v) is 11.3. The SMILES string of the molecule is COc1ccc(C(C)=O)cc1COC(=O)c1cc(OC)c(OC)cc1NC(=O)C1CCCCC1. The molecule has 8 heteroatoms. The molecule has 1 amide bonds. The molecule has 0 spiro atoms. The van der Waals surface area contributed by atoms with Crippen LogP contribution in [0, 0.1) is 5.92 Å². The van der Waals surface area contributed by atoms with Crippen molar-refractivity contribution in [3.63, 3.8) is 0 Å². The Balaban J connectivity index is 1.86. The molecule has 1 fully saturated rings. The van der Waals surface area contributed by atoms with Gasteiger partial charge in [-0.15, -0.1) is 0 Å². The number of ether oxygens (including phenoxy) is 4. The zero-order valence-electron chi connectivity index (χ0n) is 20.1. The molecule has 182 valence electrons. The highest BCUT2D eigenvalue weighted by atomic mass is 16.5. The van der Waals surface area contributed by atoms with Crippen molar-refractivity contribution < 1.29 is 33.3 Å². The Morgan fingerprint density at radius 1 is 0.882 bits per heavy atom. The molecule has 0 heterocycles. The molecule has 1 aliphatic rings. The van der Waals surface area contributed by atoms with Crippen LogP contribution in [-0.2, 0) is 16.1 Å². The van der Waals surface area contributed by atoms with E-state index in [0.717, 1.165) is 32.1 Å². The Morgan fingerprint density at radius 2 is 1.53 bits per heavy atom. The third kappa shape index (κ3) is 5.87. The minimum Gasteiger partial charge on any atom is -0.496 e. The molecule has 8 nitrogen and oxygen atoms in total. The van der Waals surface area contributed by atoms with Gasteiger partial charge in [0.15, 0.2) is 17.3 Å². The Kier molecular flexibility index (Phi) is 8.51. The first kappa shape index (κ1) is 25.1. The van der Waals surface area contributed by atoms with Crippen molar-refractivity contribution >= 4 is 23.3 Å². The van der Waals surface area contributed by atoms with Gasteiger partial charge in [0.1, 0.15) is 12.4 Å². The Labute approximate surface area is 199 Å². The molecule has 2 aromatic carbocycles. The lowest BCUT2D eigenvalue weighted by Gasteiger charge is -2.22. The number of anilines is 1. The van der Waals surface area contributed by atoms with E-state index in [1.165, 1.54) is 34.3 Å². The maximum absolute atomic E-state index is 13.1. The van der Waals surface area contributed by atoms with Crippen molar-refractivity contribution in [1.82, 2.24) is 0 Å². The van der Waals surface area contributed by atoms with Gasteiger partial charge >= 0.3 is 5.97 Å². The molecule has 1 N–H and O–H groups in total. The standard InChI is InChI=1S/C26H31NO7/c1-16(28)18-10-11-22(31-2)19(12-18)15-34-26(30)20-13-23(32-3)24(33-4)14-21(20)27-25(29)17-8-6-5-7-9-17/h10-14,17H,5-9,15H2,1-4H3,(H,27,29). The summed E-state index contributed by atoms with van der Waals surface area (Å²) in [5.74, 6) is 0.227. The van der Waals surface area contributed by atoms with Gasteiger partial charge in [-0.1, -0.05) is 19.3 Å². The van der Waals surface area contributed by atoms with Gasteiger partial charge in [0.2, 0.25) is 5.91 Å². The molecule has 2 aromatic rings. The monoisotopic (exact) mass is 469 g/mol. The topological polar surface area (TPSA) is 100 Å². The van der Waals surface area contributed by atoms with Gasteiger partial charge in [0.05, 0.1) is 32.6 Å². The molecule has 0 bridgehead atoms. The summed E-state index contributed by atoms with van der Waals surface area (Å²) >= 11 is 0. The number of carbonyl (C=O) groups excluding carboxylic acids is 3. The Morgan fingerprint density at radius 3 is 2.15 bits per heavy atom. The van der Waals surface area contributed by atoms with E-state index in [2.05, 4.69) is 5.32 Å². The summed E-state index contributed by atoms with van der Waals surface area (Å²) in [6.45, 7) is 1.34. The number of nitrogens with one attached hydrogen (secondary N) is 1. The number of esters is 1. The van der Waals surface area contributed by atoms with Gasteiger partial charge in [-0.3, -0.25) is 9.59 Å². The second-order valence-corrected chi connectivity index (χ2v) is 8.24. The molecule has 34 heavy (non-hydrogen) atoms.